The van der Waals surface area contributed by atoms with Crippen molar-refractivity contribution in [2.75, 3.05) is 6.54 Å². The Kier molecular flexibility index (Phi) is 4.63. The second kappa shape index (κ2) is 5.50. The van der Waals surface area contributed by atoms with Crippen LogP contribution in [0.2, 0.25) is 5.82 Å². The Morgan fingerprint density at radius 3 is 2.05 bits per heavy atom. The highest BCUT2D eigenvalue weighted by Gasteiger charge is 2.53. The van der Waals surface area contributed by atoms with Crippen molar-refractivity contribution in [3.05, 3.63) is 0 Å². The lowest BCUT2D eigenvalue weighted by Gasteiger charge is -2.32. The van der Waals surface area contributed by atoms with Crippen molar-refractivity contribution < 1.29 is 24.0 Å². The predicted octanol–water partition coefficient (Wildman–Crippen LogP) is 1.06. The molecule has 0 aromatic rings. The van der Waals surface area contributed by atoms with E-state index < -0.39 is 30.1 Å². The number of rotatable bonds is 5. The van der Waals surface area contributed by atoms with Gasteiger partial charge in [-0.15, -0.1) is 0 Å². The summed E-state index contributed by atoms with van der Waals surface area (Å²) in [7, 11) is -0.632. The molecule has 1 atom stereocenters. The van der Waals surface area contributed by atoms with Gasteiger partial charge < -0.3 is 19.7 Å². The Balaban J connectivity index is 2.76. The molecule has 2 N–H and O–H groups in total. The molecule has 1 saturated heterocycles. The van der Waals surface area contributed by atoms with Crippen LogP contribution in [-0.4, -0.2) is 41.8 Å². The highest BCUT2D eigenvalue weighted by Crippen LogP contribution is 2.40. The van der Waals surface area contributed by atoms with Gasteiger partial charge in [-0.25, -0.2) is 0 Å². The number of nitrogens with one attached hydrogen (secondary N) is 1. The summed E-state index contributed by atoms with van der Waals surface area (Å²) in [4.78, 5) is 21.9. The van der Waals surface area contributed by atoms with Gasteiger partial charge in [0.25, 0.3) is 0 Å². The zero-order valence-corrected chi connectivity index (χ0v) is 12.1. The molecule has 0 aliphatic carbocycles. The highest BCUT2D eigenvalue weighted by atomic mass is 16.7. The van der Waals surface area contributed by atoms with Crippen LogP contribution in [0.4, 0.5) is 0 Å². The van der Waals surface area contributed by atoms with Crippen molar-refractivity contribution in [1.82, 2.24) is 5.32 Å². The predicted molar refractivity (Wildman–Crippen MR) is 70.8 cm³/mol. The first-order chi connectivity index (χ1) is 8.55. The minimum atomic E-state index is -0.940. The van der Waals surface area contributed by atoms with Crippen LogP contribution < -0.4 is 5.32 Å². The van der Waals surface area contributed by atoms with Crippen LogP contribution in [0.5, 0.6) is 0 Å². The molecule has 1 aliphatic heterocycles. The van der Waals surface area contributed by atoms with Crippen LogP contribution in [0.3, 0.4) is 0 Å². The van der Waals surface area contributed by atoms with Crippen molar-refractivity contribution in [2.45, 2.75) is 58.1 Å². The number of aliphatic carboxylic acids is 1. The molecule has 108 valence electrons. The molecule has 0 bridgehead atoms. The molecule has 1 aliphatic rings. The van der Waals surface area contributed by atoms with E-state index in [9.17, 15) is 9.59 Å². The maximum Gasteiger partial charge on any atom is 0.463 e. The third-order valence-electron chi connectivity index (χ3n) is 3.71. The van der Waals surface area contributed by atoms with E-state index in [0.717, 1.165) is 0 Å². The van der Waals surface area contributed by atoms with E-state index in [2.05, 4.69) is 5.32 Å². The smallest absolute Gasteiger partial charge is 0.463 e. The average Bonchev–Trinajstić information content (AvgIpc) is 2.42. The number of carbonyl (C=O) groups is 2. The molecule has 0 radical (unpaired) electrons. The van der Waals surface area contributed by atoms with Crippen molar-refractivity contribution in [3.8, 4) is 0 Å². The van der Waals surface area contributed by atoms with Gasteiger partial charge in [0, 0.05) is 25.7 Å². The molecule has 0 spiro atoms. The Labute approximate surface area is 114 Å². The minimum absolute atomic E-state index is 0.114. The van der Waals surface area contributed by atoms with Gasteiger partial charge >= 0.3 is 13.1 Å². The van der Waals surface area contributed by atoms with Crippen molar-refractivity contribution in [3.63, 3.8) is 0 Å². The number of carbonyl (C=O) groups excluding carboxylic acids is 1. The summed E-state index contributed by atoms with van der Waals surface area (Å²) in [6.07, 6.45) is -0.114. The molecular formula is C12H22BNO5. The van der Waals surface area contributed by atoms with Gasteiger partial charge in [-0.2, -0.15) is 0 Å². The van der Waals surface area contributed by atoms with Gasteiger partial charge in [-0.3, -0.25) is 9.59 Å². The molecule has 1 rings (SSSR count). The third kappa shape index (κ3) is 3.94. The van der Waals surface area contributed by atoms with Crippen LogP contribution in [0.25, 0.3) is 0 Å². The number of amides is 1. The molecule has 1 heterocycles. The number of hydrogen-bond acceptors (Lipinski definition) is 4. The zero-order valence-electron chi connectivity index (χ0n) is 12.1. The zero-order chi connectivity index (χ0) is 14.8. The van der Waals surface area contributed by atoms with E-state index in [1.165, 1.54) is 6.92 Å². The summed E-state index contributed by atoms with van der Waals surface area (Å²) in [5, 5.41) is 11.6. The van der Waals surface area contributed by atoms with E-state index in [0.29, 0.717) is 0 Å². The van der Waals surface area contributed by atoms with Crippen molar-refractivity contribution >= 4 is 19.0 Å². The summed E-state index contributed by atoms with van der Waals surface area (Å²) < 4.78 is 11.6. The van der Waals surface area contributed by atoms with E-state index in [1.807, 2.05) is 27.7 Å². The van der Waals surface area contributed by atoms with E-state index in [1.54, 1.807) is 0 Å². The summed E-state index contributed by atoms with van der Waals surface area (Å²) in [5.74, 6) is -1.56. The Morgan fingerprint density at radius 2 is 1.68 bits per heavy atom. The minimum Gasteiger partial charge on any atom is -0.481 e. The fourth-order valence-electron chi connectivity index (χ4n) is 1.84. The number of carboxylic acids is 1. The molecule has 1 amide bonds. The average molecular weight is 271 g/mol. The molecule has 1 fully saturated rings. The van der Waals surface area contributed by atoms with Crippen LogP contribution in [0.15, 0.2) is 0 Å². The van der Waals surface area contributed by atoms with Crippen molar-refractivity contribution in [2.24, 2.45) is 0 Å². The second-order valence-corrected chi connectivity index (χ2v) is 5.92. The number of carboxylic acid groups (broad SMARTS) is 1. The van der Waals surface area contributed by atoms with Gasteiger partial charge in [0.05, 0.1) is 11.2 Å². The van der Waals surface area contributed by atoms with E-state index >= 15 is 0 Å². The van der Waals surface area contributed by atoms with E-state index in [4.69, 9.17) is 14.4 Å². The summed E-state index contributed by atoms with van der Waals surface area (Å²) >= 11 is 0. The molecule has 0 aromatic heterocycles. The standard InChI is InChI=1S/C12H22BNO5/c1-8(15)14-7-9(6-10(16)17)13-18-11(2,3)12(4,5)19-13/h9H,6-7H2,1-5H3,(H,14,15)(H,16,17). The van der Waals surface area contributed by atoms with E-state index in [-0.39, 0.29) is 18.9 Å². The number of hydrogen-bond donors (Lipinski definition) is 2. The molecule has 0 saturated carbocycles. The summed E-state index contributed by atoms with van der Waals surface area (Å²) in [6.45, 7) is 9.24. The lowest BCUT2D eigenvalue weighted by atomic mass is 9.70. The van der Waals surface area contributed by atoms with Crippen LogP contribution >= 0.6 is 0 Å². The monoisotopic (exact) mass is 271 g/mol. The van der Waals surface area contributed by atoms with Gasteiger partial charge in [-0.1, -0.05) is 0 Å². The normalized spacial score (nSPS) is 22.1. The molecular weight excluding hydrogens is 249 g/mol. The first-order valence-corrected chi connectivity index (χ1v) is 6.37. The Bertz CT molecular complexity index is 353. The Hall–Kier alpha value is -1.08. The topological polar surface area (TPSA) is 84.9 Å². The van der Waals surface area contributed by atoms with Crippen LogP contribution in [0.1, 0.15) is 41.0 Å². The van der Waals surface area contributed by atoms with Gasteiger partial charge in [-0.05, 0) is 27.7 Å². The second-order valence-electron chi connectivity index (χ2n) is 5.92. The van der Waals surface area contributed by atoms with Gasteiger partial charge in [0.1, 0.15) is 0 Å². The van der Waals surface area contributed by atoms with Crippen molar-refractivity contribution in [1.29, 1.82) is 0 Å². The van der Waals surface area contributed by atoms with Gasteiger partial charge in [0.15, 0.2) is 0 Å². The molecule has 19 heavy (non-hydrogen) atoms. The van der Waals surface area contributed by atoms with Crippen LogP contribution in [-0.2, 0) is 18.9 Å². The molecule has 7 heteroatoms. The van der Waals surface area contributed by atoms with Crippen LogP contribution in [0, 0.1) is 0 Å². The fraction of sp³-hybridized carbons (Fsp3) is 0.833. The quantitative estimate of drug-likeness (QED) is 0.730. The molecule has 6 nitrogen and oxygen atoms in total. The maximum atomic E-state index is 11.0. The highest BCUT2D eigenvalue weighted by molar-refractivity contribution is 6.48. The molecule has 1 unspecified atom stereocenters. The maximum absolute atomic E-state index is 11.0. The SMILES string of the molecule is CC(=O)NCC(CC(=O)O)B1OC(C)(C)C(C)(C)O1. The lowest BCUT2D eigenvalue weighted by Crippen LogP contribution is -2.41. The lowest BCUT2D eigenvalue weighted by molar-refractivity contribution is -0.137. The third-order valence-corrected chi connectivity index (χ3v) is 3.71. The Morgan fingerprint density at radius 1 is 1.21 bits per heavy atom. The molecule has 0 aromatic carbocycles. The summed E-state index contributed by atoms with van der Waals surface area (Å²) in [5.41, 5.74) is -1.02. The largest absolute Gasteiger partial charge is 0.481 e. The summed E-state index contributed by atoms with van der Waals surface area (Å²) in [6, 6.07) is 0. The fourth-order valence-corrected chi connectivity index (χ4v) is 1.84. The van der Waals surface area contributed by atoms with Gasteiger partial charge in [0.2, 0.25) is 5.91 Å². The first-order valence-electron chi connectivity index (χ1n) is 6.37. The first kappa shape index (κ1) is 16.0.